The van der Waals surface area contributed by atoms with Crippen LogP contribution in [-0.4, -0.2) is 32.1 Å². The Morgan fingerprint density at radius 3 is 2.69 bits per heavy atom. The number of hydrogen-bond donors (Lipinski definition) is 1. The highest BCUT2D eigenvalue weighted by Crippen LogP contribution is 2.45. The number of hydrogen-bond acceptors (Lipinski definition) is 4. The minimum atomic E-state index is -0.149. The van der Waals surface area contributed by atoms with Crippen LogP contribution in [0.2, 0.25) is 0 Å². The Morgan fingerprint density at radius 1 is 1.09 bits per heavy atom. The van der Waals surface area contributed by atoms with Gasteiger partial charge in [0, 0.05) is 60.8 Å². The zero-order valence-electron chi connectivity index (χ0n) is 19.2. The summed E-state index contributed by atoms with van der Waals surface area (Å²) in [5.74, 6) is 1.28. The van der Waals surface area contributed by atoms with E-state index in [1.54, 1.807) is 0 Å². The third kappa shape index (κ3) is 3.14. The van der Waals surface area contributed by atoms with Crippen molar-refractivity contribution in [2.75, 3.05) is 11.4 Å². The smallest absolute Gasteiger partial charge is 0.227 e. The number of fused-ring (bicyclic) bond motifs is 5. The number of anilines is 1. The lowest BCUT2D eigenvalue weighted by Gasteiger charge is -2.21. The number of carbonyl (C=O) groups is 1. The Kier molecular flexibility index (Phi) is 4.15. The summed E-state index contributed by atoms with van der Waals surface area (Å²) in [7, 11) is 0. The minimum Gasteiger partial charge on any atom is -0.340 e. The van der Waals surface area contributed by atoms with Gasteiger partial charge in [-0.2, -0.15) is 5.26 Å². The lowest BCUT2D eigenvalue weighted by Crippen LogP contribution is -2.34. The Labute approximate surface area is 203 Å². The number of nitrogens with two attached hydrogens (primary N) is 1. The molecule has 2 fully saturated rings. The van der Waals surface area contributed by atoms with Crippen molar-refractivity contribution in [2.45, 2.75) is 31.3 Å². The van der Waals surface area contributed by atoms with Crippen molar-refractivity contribution < 1.29 is 4.79 Å². The summed E-state index contributed by atoms with van der Waals surface area (Å²) in [5, 5.41) is 9.12. The molecule has 2 aliphatic heterocycles. The Balaban J connectivity index is 1.28. The highest BCUT2D eigenvalue weighted by atomic mass is 16.2. The van der Waals surface area contributed by atoms with Crippen LogP contribution in [0.25, 0.3) is 28.3 Å². The van der Waals surface area contributed by atoms with Gasteiger partial charge in [-0.05, 0) is 60.4 Å². The molecule has 0 radical (unpaired) electrons. The number of amides is 1. The largest absolute Gasteiger partial charge is 0.340 e. The van der Waals surface area contributed by atoms with Gasteiger partial charge in [0.25, 0.3) is 0 Å². The van der Waals surface area contributed by atoms with E-state index in [9.17, 15) is 4.79 Å². The minimum absolute atomic E-state index is 0.149. The van der Waals surface area contributed by atoms with Gasteiger partial charge >= 0.3 is 0 Å². The predicted octanol–water partition coefficient (Wildman–Crippen LogP) is 4.09. The first-order valence-corrected chi connectivity index (χ1v) is 12.0. The summed E-state index contributed by atoms with van der Waals surface area (Å²) in [6.07, 6.45) is 8.52. The van der Waals surface area contributed by atoms with E-state index in [-0.39, 0.29) is 17.4 Å². The van der Waals surface area contributed by atoms with E-state index in [0.29, 0.717) is 25.1 Å². The zero-order chi connectivity index (χ0) is 23.7. The molecule has 7 heteroatoms. The summed E-state index contributed by atoms with van der Waals surface area (Å²) in [5.41, 5.74) is 13.2. The van der Waals surface area contributed by atoms with E-state index in [4.69, 9.17) is 11.0 Å². The van der Waals surface area contributed by atoms with Gasteiger partial charge in [-0.15, -0.1) is 0 Å². The van der Waals surface area contributed by atoms with Crippen LogP contribution in [-0.2, 0) is 11.3 Å². The maximum atomic E-state index is 12.9. The molecule has 4 aromatic rings. The average molecular weight is 461 g/mol. The predicted molar refractivity (Wildman–Crippen MR) is 133 cm³/mol. The molecule has 7 rings (SSSR count). The average Bonchev–Trinajstić information content (AvgIpc) is 3.21. The van der Waals surface area contributed by atoms with E-state index < -0.39 is 0 Å². The first-order valence-electron chi connectivity index (χ1n) is 12.0. The summed E-state index contributed by atoms with van der Waals surface area (Å²) in [6, 6.07) is 18.3. The number of nitriles is 1. The normalized spacial score (nSPS) is 19.5. The summed E-state index contributed by atoms with van der Waals surface area (Å²) in [4.78, 5) is 19.5. The summed E-state index contributed by atoms with van der Waals surface area (Å²) in [6.45, 7) is 1.37. The van der Waals surface area contributed by atoms with E-state index in [1.165, 1.54) is 0 Å². The lowest BCUT2D eigenvalue weighted by atomic mass is 9.97. The van der Waals surface area contributed by atoms with Gasteiger partial charge in [0.15, 0.2) is 5.82 Å². The third-order valence-electron chi connectivity index (χ3n) is 7.85. The van der Waals surface area contributed by atoms with Crippen molar-refractivity contribution in [1.29, 1.82) is 5.26 Å². The molecular weight excluding hydrogens is 436 g/mol. The maximum absolute atomic E-state index is 12.9. The molecule has 35 heavy (non-hydrogen) atoms. The molecule has 172 valence electrons. The Hall–Kier alpha value is -4.15. The fraction of sp³-hybridized carbons (Fsp3) is 0.250. The Morgan fingerprint density at radius 2 is 1.91 bits per heavy atom. The molecule has 2 aromatic heterocycles. The van der Waals surface area contributed by atoms with Crippen molar-refractivity contribution in [3.8, 4) is 34.4 Å². The molecule has 1 aliphatic carbocycles. The SMILES string of the molecule is N#Cc1ccc(-c2cc3n(c2)Cc2cc(N4C[C@@H](C5(N)CC5)CC4=O)ccc2-n2ccnc2-3)cc1. The molecular formula is C28H24N6O. The molecule has 2 N–H and O–H groups in total. The van der Waals surface area contributed by atoms with Crippen LogP contribution in [0, 0.1) is 17.2 Å². The van der Waals surface area contributed by atoms with Gasteiger partial charge in [0.05, 0.1) is 23.0 Å². The molecule has 1 saturated carbocycles. The highest BCUT2D eigenvalue weighted by Gasteiger charge is 2.50. The monoisotopic (exact) mass is 460 g/mol. The van der Waals surface area contributed by atoms with Gasteiger partial charge in [0.1, 0.15) is 0 Å². The standard InChI is InChI=1S/C28H24N6O/c29-14-18-1-3-19(4-2-18)20-12-25-27-31-9-10-33(27)24-6-5-23(11-21(24)16-32(25)15-20)34-17-22(13-26(34)35)28(30)7-8-28/h1-6,9-12,15,22H,7-8,13,16-17,30H2/t22-/m0/s1. The topological polar surface area (TPSA) is 92.9 Å². The second-order valence-corrected chi connectivity index (χ2v) is 10.0. The van der Waals surface area contributed by atoms with E-state index in [1.807, 2.05) is 47.6 Å². The van der Waals surface area contributed by atoms with Crippen molar-refractivity contribution in [3.05, 3.63) is 78.2 Å². The van der Waals surface area contributed by atoms with Gasteiger partial charge in [-0.25, -0.2) is 4.98 Å². The quantitative estimate of drug-likeness (QED) is 0.439. The van der Waals surface area contributed by atoms with Crippen molar-refractivity contribution in [2.24, 2.45) is 11.7 Å². The molecule has 0 spiro atoms. The van der Waals surface area contributed by atoms with E-state index in [2.05, 4.69) is 44.6 Å². The number of aromatic nitrogens is 3. The van der Waals surface area contributed by atoms with Crippen molar-refractivity contribution >= 4 is 11.6 Å². The highest BCUT2D eigenvalue weighted by molar-refractivity contribution is 5.96. The molecule has 3 aliphatic rings. The number of rotatable bonds is 3. The van der Waals surface area contributed by atoms with Gasteiger partial charge in [0.2, 0.25) is 5.91 Å². The third-order valence-corrected chi connectivity index (χ3v) is 7.85. The van der Waals surface area contributed by atoms with Crippen molar-refractivity contribution in [3.63, 3.8) is 0 Å². The number of benzene rings is 2. The lowest BCUT2D eigenvalue weighted by molar-refractivity contribution is -0.117. The molecule has 0 unspecified atom stereocenters. The molecule has 2 aromatic carbocycles. The number of imidazole rings is 1. The molecule has 1 atom stereocenters. The van der Waals surface area contributed by atoms with E-state index in [0.717, 1.165) is 52.4 Å². The van der Waals surface area contributed by atoms with Crippen LogP contribution in [0.1, 0.15) is 30.4 Å². The van der Waals surface area contributed by atoms with E-state index >= 15 is 0 Å². The Bertz CT molecular complexity index is 1530. The number of nitrogens with zero attached hydrogens (tertiary/aromatic N) is 5. The molecule has 7 nitrogen and oxygen atoms in total. The fourth-order valence-corrected chi connectivity index (χ4v) is 5.59. The first-order chi connectivity index (χ1) is 17.0. The molecule has 1 saturated heterocycles. The maximum Gasteiger partial charge on any atom is 0.227 e. The van der Waals surface area contributed by atoms with Crippen LogP contribution in [0.4, 0.5) is 5.69 Å². The summed E-state index contributed by atoms with van der Waals surface area (Å²) >= 11 is 0. The molecule has 1 amide bonds. The van der Waals surface area contributed by atoms with Gasteiger partial charge in [-0.3, -0.25) is 9.36 Å². The van der Waals surface area contributed by atoms with Crippen LogP contribution in [0.5, 0.6) is 0 Å². The molecule has 4 heterocycles. The summed E-state index contributed by atoms with van der Waals surface area (Å²) < 4.78 is 4.34. The number of carbonyl (C=O) groups excluding carboxylic acids is 1. The van der Waals surface area contributed by atoms with Crippen LogP contribution in [0.15, 0.2) is 67.1 Å². The van der Waals surface area contributed by atoms with Crippen LogP contribution < -0.4 is 10.6 Å². The van der Waals surface area contributed by atoms with Gasteiger partial charge in [-0.1, -0.05) is 12.1 Å². The second-order valence-electron chi connectivity index (χ2n) is 10.0. The first kappa shape index (κ1) is 20.2. The van der Waals surface area contributed by atoms with Crippen LogP contribution in [0.3, 0.4) is 0 Å². The fourth-order valence-electron chi connectivity index (χ4n) is 5.59. The van der Waals surface area contributed by atoms with Crippen molar-refractivity contribution in [1.82, 2.24) is 14.1 Å². The second kappa shape index (κ2) is 7.17. The van der Waals surface area contributed by atoms with Crippen LogP contribution >= 0.6 is 0 Å². The van der Waals surface area contributed by atoms with Gasteiger partial charge < -0.3 is 15.2 Å². The zero-order valence-corrected chi connectivity index (χ0v) is 19.2. The molecule has 0 bridgehead atoms.